The number of aromatic amines is 1. The number of H-pyrrole nitrogens is 1. The normalized spacial score (nSPS) is 11.0. The first-order valence-electron chi connectivity index (χ1n) is 9.56. The quantitative estimate of drug-likeness (QED) is 0.238. The fourth-order valence-corrected chi connectivity index (χ4v) is 3.57. The van der Waals surface area contributed by atoms with Gasteiger partial charge in [-0.25, -0.2) is 5.43 Å². The Balaban J connectivity index is 1.60. The number of carbonyl (C=O) groups is 1. The molecule has 0 aliphatic heterocycles. The Morgan fingerprint density at radius 3 is 2.17 bits per heavy atom. The molecule has 1 amide bonds. The Kier molecular flexibility index (Phi) is 6.11. The van der Waals surface area contributed by atoms with E-state index in [1.54, 1.807) is 18.0 Å². The zero-order chi connectivity index (χ0) is 20.8. The maximum Gasteiger partial charge on any atom is 0.288 e. The minimum atomic E-state index is -0.284. The van der Waals surface area contributed by atoms with Gasteiger partial charge in [-0.1, -0.05) is 72.8 Å². The van der Waals surface area contributed by atoms with Crippen LogP contribution in [0.15, 0.2) is 101 Å². The second kappa shape index (κ2) is 9.29. The molecule has 5 heteroatoms. The van der Waals surface area contributed by atoms with Crippen LogP contribution in [0.1, 0.15) is 16.1 Å². The van der Waals surface area contributed by atoms with Gasteiger partial charge in [-0.15, -0.1) is 11.8 Å². The smallest absolute Gasteiger partial charge is 0.288 e. The minimum absolute atomic E-state index is 0.284. The highest BCUT2D eigenvalue weighted by molar-refractivity contribution is 7.98. The molecule has 0 atom stereocenters. The monoisotopic (exact) mass is 411 g/mol. The zero-order valence-electron chi connectivity index (χ0n) is 16.5. The minimum Gasteiger partial charge on any atom is -0.350 e. The number of thioether (sulfide) groups is 1. The second-order valence-electron chi connectivity index (χ2n) is 6.68. The van der Waals surface area contributed by atoms with Gasteiger partial charge in [0.25, 0.3) is 5.91 Å². The van der Waals surface area contributed by atoms with Gasteiger partial charge in [-0.2, -0.15) is 5.10 Å². The molecule has 4 nitrogen and oxygen atoms in total. The van der Waals surface area contributed by atoms with Crippen LogP contribution in [0.5, 0.6) is 0 Å². The zero-order valence-corrected chi connectivity index (χ0v) is 17.3. The third-order valence-electron chi connectivity index (χ3n) is 4.71. The van der Waals surface area contributed by atoms with Crippen molar-refractivity contribution in [2.75, 3.05) is 6.26 Å². The van der Waals surface area contributed by atoms with E-state index in [1.807, 2.05) is 97.3 Å². The van der Waals surface area contributed by atoms with Crippen molar-refractivity contribution in [1.29, 1.82) is 0 Å². The number of carbonyl (C=O) groups excluding carboxylic acids is 1. The van der Waals surface area contributed by atoms with E-state index in [0.29, 0.717) is 5.69 Å². The summed E-state index contributed by atoms with van der Waals surface area (Å²) >= 11 is 1.69. The summed E-state index contributed by atoms with van der Waals surface area (Å²) in [5.74, 6) is -0.284. The van der Waals surface area contributed by atoms with E-state index in [-0.39, 0.29) is 5.91 Å². The Bertz CT molecular complexity index is 1150. The molecule has 0 aliphatic carbocycles. The van der Waals surface area contributed by atoms with E-state index in [0.717, 1.165) is 27.9 Å². The van der Waals surface area contributed by atoms with Gasteiger partial charge >= 0.3 is 0 Å². The van der Waals surface area contributed by atoms with Crippen LogP contribution in [0, 0.1) is 0 Å². The lowest BCUT2D eigenvalue weighted by atomic mass is 10.0. The average molecular weight is 412 g/mol. The van der Waals surface area contributed by atoms with Gasteiger partial charge in [0.15, 0.2) is 0 Å². The van der Waals surface area contributed by atoms with Crippen molar-refractivity contribution in [2.24, 2.45) is 5.10 Å². The summed E-state index contributed by atoms with van der Waals surface area (Å²) in [4.78, 5) is 17.4. The van der Waals surface area contributed by atoms with Crippen LogP contribution in [0.4, 0.5) is 0 Å². The summed E-state index contributed by atoms with van der Waals surface area (Å²) in [7, 11) is 0. The molecular formula is C25H21N3OS. The van der Waals surface area contributed by atoms with Gasteiger partial charge in [0.1, 0.15) is 5.69 Å². The number of benzene rings is 3. The molecule has 0 spiro atoms. The van der Waals surface area contributed by atoms with Gasteiger partial charge in [0.2, 0.25) is 0 Å². The van der Waals surface area contributed by atoms with Crippen LogP contribution in [0.2, 0.25) is 0 Å². The van der Waals surface area contributed by atoms with Crippen molar-refractivity contribution in [3.05, 3.63) is 102 Å². The number of rotatable bonds is 6. The predicted molar refractivity (Wildman–Crippen MR) is 125 cm³/mol. The number of nitrogens with one attached hydrogen (secondary N) is 2. The number of amides is 1. The second-order valence-corrected chi connectivity index (χ2v) is 7.56. The molecule has 0 fully saturated rings. The third-order valence-corrected chi connectivity index (χ3v) is 5.45. The van der Waals surface area contributed by atoms with Gasteiger partial charge < -0.3 is 4.98 Å². The number of hydrogen-bond donors (Lipinski definition) is 2. The summed E-state index contributed by atoms with van der Waals surface area (Å²) in [6, 6.07) is 29.8. The molecule has 148 valence electrons. The number of aromatic nitrogens is 1. The highest BCUT2D eigenvalue weighted by atomic mass is 32.2. The van der Waals surface area contributed by atoms with Crippen LogP contribution in [-0.2, 0) is 0 Å². The maximum absolute atomic E-state index is 12.9. The molecule has 4 aromatic rings. The lowest BCUT2D eigenvalue weighted by molar-refractivity contribution is 0.0951. The largest absolute Gasteiger partial charge is 0.350 e. The van der Waals surface area contributed by atoms with Crippen LogP contribution >= 0.6 is 11.8 Å². The number of nitrogens with zero attached hydrogens (tertiary/aromatic N) is 1. The highest BCUT2D eigenvalue weighted by Gasteiger charge is 2.17. The molecule has 0 aliphatic rings. The molecule has 3 aromatic carbocycles. The van der Waals surface area contributed by atoms with Crippen molar-refractivity contribution < 1.29 is 4.79 Å². The lowest BCUT2D eigenvalue weighted by Gasteiger charge is -2.03. The summed E-state index contributed by atoms with van der Waals surface area (Å²) in [5, 5.41) is 4.14. The Morgan fingerprint density at radius 2 is 1.53 bits per heavy atom. The molecule has 0 saturated carbocycles. The van der Waals surface area contributed by atoms with Crippen molar-refractivity contribution in [2.45, 2.75) is 4.90 Å². The summed E-state index contributed by atoms with van der Waals surface area (Å²) in [5.41, 5.74) is 7.76. The van der Waals surface area contributed by atoms with E-state index in [4.69, 9.17) is 0 Å². The average Bonchev–Trinajstić information content (AvgIpc) is 3.26. The molecule has 1 heterocycles. The van der Waals surface area contributed by atoms with E-state index in [9.17, 15) is 4.79 Å². The van der Waals surface area contributed by atoms with Crippen molar-refractivity contribution >= 4 is 23.9 Å². The number of hydrazone groups is 1. The molecule has 30 heavy (non-hydrogen) atoms. The van der Waals surface area contributed by atoms with Gasteiger partial charge in [-0.05, 0) is 41.1 Å². The standard InChI is InChI=1S/C25H21N3OS/c1-30-21-14-12-18(13-15-21)17-26-28-25(29)24-22(19-8-4-2-5-9-19)16-23(27-24)20-10-6-3-7-11-20/h2-17,27H,1H3,(H,28,29)/b26-17+. The van der Waals surface area contributed by atoms with Gasteiger partial charge in [0.05, 0.1) is 6.21 Å². The third kappa shape index (κ3) is 4.53. The Hall–Kier alpha value is -3.57. The van der Waals surface area contributed by atoms with E-state index in [1.165, 1.54) is 4.90 Å². The molecule has 0 bridgehead atoms. The predicted octanol–water partition coefficient (Wildman–Crippen LogP) is 5.83. The van der Waals surface area contributed by atoms with Crippen molar-refractivity contribution in [1.82, 2.24) is 10.4 Å². The van der Waals surface area contributed by atoms with E-state index >= 15 is 0 Å². The van der Waals surface area contributed by atoms with Gasteiger partial charge in [0, 0.05) is 16.2 Å². The molecule has 4 rings (SSSR count). The molecule has 0 radical (unpaired) electrons. The molecular weight excluding hydrogens is 390 g/mol. The van der Waals surface area contributed by atoms with Crippen molar-refractivity contribution in [3.63, 3.8) is 0 Å². The molecule has 0 unspecified atom stereocenters. The number of hydrogen-bond acceptors (Lipinski definition) is 3. The van der Waals surface area contributed by atoms with E-state index < -0.39 is 0 Å². The van der Waals surface area contributed by atoms with Gasteiger partial charge in [-0.3, -0.25) is 4.79 Å². The van der Waals surface area contributed by atoms with Crippen LogP contribution in [0.3, 0.4) is 0 Å². The SMILES string of the molecule is CSc1ccc(/C=N/NC(=O)c2[nH]c(-c3ccccc3)cc2-c2ccccc2)cc1. The van der Waals surface area contributed by atoms with Crippen LogP contribution in [0.25, 0.3) is 22.4 Å². The first kappa shape index (κ1) is 19.7. The molecule has 1 aromatic heterocycles. The summed E-state index contributed by atoms with van der Waals surface area (Å²) in [6.45, 7) is 0. The molecule has 0 saturated heterocycles. The first-order chi connectivity index (χ1) is 14.7. The fraction of sp³-hybridized carbons (Fsp3) is 0.0400. The topological polar surface area (TPSA) is 57.2 Å². The van der Waals surface area contributed by atoms with Crippen LogP contribution in [-0.4, -0.2) is 23.4 Å². The molecule has 2 N–H and O–H groups in total. The Labute approximate surface area is 180 Å². The van der Waals surface area contributed by atoms with Crippen LogP contribution < -0.4 is 5.43 Å². The van der Waals surface area contributed by atoms with E-state index in [2.05, 4.69) is 15.5 Å². The highest BCUT2D eigenvalue weighted by Crippen LogP contribution is 2.29. The summed E-state index contributed by atoms with van der Waals surface area (Å²) in [6.07, 6.45) is 3.68. The maximum atomic E-state index is 12.9. The lowest BCUT2D eigenvalue weighted by Crippen LogP contribution is -2.18. The van der Waals surface area contributed by atoms with Crippen molar-refractivity contribution in [3.8, 4) is 22.4 Å². The fourth-order valence-electron chi connectivity index (χ4n) is 3.16. The Morgan fingerprint density at radius 1 is 0.900 bits per heavy atom. The summed E-state index contributed by atoms with van der Waals surface area (Å²) < 4.78 is 0. The first-order valence-corrected chi connectivity index (χ1v) is 10.8.